The summed E-state index contributed by atoms with van der Waals surface area (Å²) in [6.07, 6.45) is 6.87. The summed E-state index contributed by atoms with van der Waals surface area (Å²) >= 11 is -1.66. The van der Waals surface area contributed by atoms with Crippen molar-refractivity contribution in [3.05, 3.63) is 15.4 Å². The zero-order valence-corrected chi connectivity index (χ0v) is 11.5. The molecule has 0 aromatic heterocycles. The van der Waals surface area contributed by atoms with E-state index in [-0.39, 0.29) is 0 Å². The van der Waals surface area contributed by atoms with Crippen LogP contribution in [0.15, 0.2) is 15.4 Å². The Morgan fingerprint density at radius 2 is 1.67 bits per heavy atom. The first-order valence-electron chi connectivity index (χ1n) is 5.03. The molecule has 0 amide bonds. The second kappa shape index (κ2) is 4.53. The molecule has 0 spiro atoms. The number of allylic oxidation sites excluding steroid dienone is 1. The van der Waals surface area contributed by atoms with Crippen LogP contribution in [-0.4, -0.2) is 18.4 Å². The number of rotatable bonds is 1. The third kappa shape index (κ3) is 4.37. The van der Waals surface area contributed by atoms with Crippen molar-refractivity contribution < 1.29 is 0 Å². The molecule has 0 N–H and O–H groups in total. The molecule has 1 fully saturated rings. The van der Waals surface area contributed by atoms with Crippen molar-refractivity contribution in [3.63, 3.8) is 0 Å². The fraction of sp³-hybridized carbons (Fsp3) is 0.727. The Kier molecular flexibility index (Phi) is 3.92. The molecule has 68 valence electrons. The van der Waals surface area contributed by atoms with Gasteiger partial charge in [0, 0.05) is 0 Å². The third-order valence-corrected chi connectivity index (χ3v) is 5.05. The quantitative estimate of drug-likeness (QED) is 0.501. The summed E-state index contributed by atoms with van der Waals surface area (Å²) in [5, 5.41) is 0. The molecule has 0 bridgehead atoms. The standard InChI is InChI=1S/C8H11.3CH3.Sn/c1-2-8-6-4-3-5-7-8;;;;/h1H,3-7H2;3*1H3;. The van der Waals surface area contributed by atoms with Crippen molar-refractivity contribution >= 4 is 18.4 Å². The van der Waals surface area contributed by atoms with E-state index in [1.165, 1.54) is 32.1 Å². The zero-order valence-electron chi connectivity index (χ0n) is 8.61. The van der Waals surface area contributed by atoms with E-state index < -0.39 is 18.4 Å². The molecule has 1 rings (SSSR count). The summed E-state index contributed by atoms with van der Waals surface area (Å²) in [4.78, 5) is 7.31. The first kappa shape index (κ1) is 10.4. The molecule has 1 saturated carbocycles. The van der Waals surface area contributed by atoms with Gasteiger partial charge in [0.2, 0.25) is 0 Å². The van der Waals surface area contributed by atoms with Crippen LogP contribution in [0.25, 0.3) is 0 Å². The van der Waals surface area contributed by atoms with Gasteiger partial charge in [-0.1, -0.05) is 0 Å². The molecule has 1 aliphatic rings. The molecule has 0 saturated heterocycles. The predicted octanol–water partition coefficient (Wildman–Crippen LogP) is 3.91. The van der Waals surface area contributed by atoms with E-state index >= 15 is 0 Å². The van der Waals surface area contributed by atoms with Gasteiger partial charge < -0.3 is 0 Å². The molecule has 0 radical (unpaired) electrons. The van der Waals surface area contributed by atoms with Gasteiger partial charge in [-0.25, -0.2) is 0 Å². The van der Waals surface area contributed by atoms with Crippen LogP contribution in [0.4, 0.5) is 0 Å². The Morgan fingerprint density at radius 1 is 1.08 bits per heavy atom. The minimum absolute atomic E-state index is 1.32. The Balaban J connectivity index is 2.60. The van der Waals surface area contributed by atoms with Crippen LogP contribution in [0.1, 0.15) is 32.1 Å². The van der Waals surface area contributed by atoms with Gasteiger partial charge in [0.05, 0.1) is 0 Å². The van der Waals surface area contributed by atoms with Gasteiger partial charge in [-0.15, -0.1) is 0 Å². The topological polar surface area (TPSA) is 0 Å². The van der Waals surface area contributed by atoms with Crippen molar-refractivity contribution in [3.8, 4) is 0 Å². The second-order valence-corrected chi connectivity index (χ2v) is 19.1. The van der Waals surface area contributed by atoms with Crippen LogP contribution >= 0.6 is 0 Å². The predicted molar refractivity (Wildman–Crippen MR) is 58.0 cm³/mol. The van der Waals surface area contributed by atoms with Crippen LogP contribution in [0.2, 0.25) is 14.8 Å². The van der Waals surface area contributed by atoms with Crippen molar-refractivity contribution in [2.75, 3.05) is 0 Å². The Morgan fingerprint density at radius 3 is 2.17 bits per heavy atom. The van der Waals surface area contributed by atoms with E-state index in [4.69, 9.17) is 0 Å². The van der Waals surface area contributed by atoms with Crippen LogP contribution in [0.5, 0.6) is 0 Å². The molecule has 1 aliphatic carbocycles. The molecular formula is C11H20Sn. The molecule has 0 nitrogen and oxygen atoms in total. The number of hydrogen-bond donors (Lipinski definition) is 0. The summed E-state index contributed by atoms with van der Waals surface area (Å²) in [6.45, 7) is 0. The molecule has 0 atom stereocenters. The van der Waals surface area contributed by atoms with E-state index in [0.29, 0.717) is 0 Å². The first-order valence-corrected chi connectivity index (χ1v) is 15.2. The van der Waals surface area contributed by atoms with E-state index in [0.717, 1.165) is 0 Å². The van der Waals surface area contributed by atoms with Crippen molar-refractivity contribution in [1.82, 2.24) is 0 Å². The van der Waals surface area contributed by atoms with E-state index in [9.17, 15) is 0 Å². The van der Waals surface area contributed by atoms with Gasteiger partial charge in [0.25, 0.3) is 0 Å². The summed E-state index contributed by atoms with van der Waals surface area (Å²) in [5.74, 6) is 0. The third-order valence-electron chi connectivity index (χ3n) is 2.17. The van der Waals surface area contributed by atoms with Gasteiger partial charge in [0.1, 0.15) is 0 Å². The first-order chi connectivity index (χ1) is 5.58. The van der Waals surface area contributed by atoms with Crippen LogP contribution in [0, 0.1) is 0 Å². The molecule has 0 heterocycles. The van der Waals surface area contributed by atoms with Gasteiger partial charge >= 0.3 is 80.7 Å². The van der Waals surface area contributed by atoms with Gasteiger partial charge in [-0.2, -0.15) is 0 Å². The normalized spacial score (nSPS) is 18.8. The Labute approximate surface area is 80.6 Å². The fourth-order valence-electron chi connectivity index (χ4n) is 1.44. The van der Waals surface area contributed by atoms with E-state index in [2.05, 4.69) is 24.6 Å². The van der Waals surface area contributed by atoms with E-state index in [1.807, 2.05) is 0 Å². The molecule has 0 aromatic carbocycles. The molecular weight excluding hydrogens is 251 g/mol. The van der Waals surface area contributed by atoms with Gasteiger partial charge in [-0.05, 0) is 0 Å². The molecule has 1 heteroatoms. The van der Waals surface area contributed by atoms with E-state index in [1.54, 1.807) is 5.57 Å². The van der Waals surface area contributed by atoms with Gasteiger partial charge in [-0.3, -0.25) is 0 Å². The summed E-state index contributed by atoms with van der Waals surface area (Å²) < 4.78 is 2.43. The van der Waals surface area contributed by atoms with Crippen LogP contribution in [-0.2, 0) is 0 Å². The second-order valence-electron chi connectivity index (χ2n) is 4.82. The average Bonchev–Trinajstić information content (AvgIpc) is 2.02. The summed E-state index contributed by atoms with van der Waals surface area (Å²) in [5.41, 5.74) is 5.14. The zero-order chi connectivity index (χ0) is 9.03. The average molecular weight is 271 g/mol. The summed E-state index contributed by atoms with van der Waals surface area (Å²) in [7, 11) is 0. The minimum atomic E-state index is -1.66. The SMILES string of the molecule is [CH3][Sn]([CH3])([CH3])[CH]=C=C1CCCCC1. The molecule has 0 aromatic rings. The van der Waals surface area contributed by atoms with Crippen LogP contribution in [0.3, 0.4) is 0 Å². The monoisotopic (exact) mass is 272 g/mol. The van der Waals surface area contributed by atoms with Crippen LogP contribution < -0.4 is 0 Å². The molecule has 12 heavy (non-hydrogen) atoms. The number of hydrogen-bond acceptors (Lipinski definition) is 0. The Bertz CT molecular complexity index is 194. The fourth-order valence-corrected chi connectivity index (χ4v) is 3.26. The molecule has 0 unspecified atom stereocenters. The van der Waals surface area contributed by atoms with Crippen molar-refractivity contribution in [2.45, 2.75) is 46.9 Å². The molecule has 0 aliphatic heterocycles. The van der Waals surface area contributed by atoms with Gasteiger partial charge in [0.15, 0.2) is 0 Å². The Hall–Kier alpha value is 0.319. The summed E-state index contributed by atoms with van der Waals surface area (Å²) in [6, 6.07) is 0. The maximum atomic E-state index is 3.55. The van der Waals surface area contributed by atoms with Crippen molar-refractivity contribution in [2.24, 2.45) is 0 Å². The maximum absolute atomic E-state index is 3.55. The van der Waals surface area contributed by atoms with Crippen molar-refractivity contribution in [1.29, 1.82) is 0 Å².